The molecule has 1 aliphatic rings. The van der Waals surface area contributed by atoms with Gasteiger partial charge in [0.05, 0.1) is 6.04 Å². The van der Waals surface area contributed by atoms with Gasteiger partial charge in [0.2, 0.25) is 0 Å². The fraction of sp³-hybridized carbons (Fsp3) is 0.257. The van der Waals surface area contributed by atoms with Crippen molar-refractivity contribution in [2.45, 2.75) is 38.0 Å². The Morgan fingerprint density at radius 3 is 1.79 bits per heavy atom. The van der Waals surface area contributed by atoms with Gasteiger partial charge in [0, 0.05) is 19.0 Å². The third-order valence-corrected chi connectivity index (χ3v) is 7.52. The largest absolute Gasteiger partial charge is 0.443 e. The number of ether oxygens (including phenoxy) is 2. The van der Waals surface area contributed by atoms with Gasteiger partial charge < -0.3 is 14.4 Å². The van der Waals surface area contributed by atoms with Crippen LogP contribution in [-0.4, -0.2) is 47.8 Å². The van der Waals surface area contributed by atoms with Gasteiger partial charge in [-0.15, -0.1) is 0 Å². The van der Waals surface area contributed by atoms with Crippen LogP contribution in [0.25, 0.3) is 0 Å². The van der Waals surface area contributed by atoms with Gasteiger partial charge in [0.15, 0.2) is 0 Å². The van der Waals surface area contributed by atoms with Gasteiger partial charge in [-0.05, 0) is 41.6 Å². The van der Waals surface area contributed by atoms with E-state index in [2.05, 4.69) is 58.9 Å². The molecular formula is C35H37N3O4. The molecule has 1 N–H and O–H groups in total. The number of nitrogens with one attached hydrogen (secondary N) is 1. The third kappa shape index (κ3) is 8.21. The monoisotopic (exact) mass is 563 g/mol. The fourth-order valence-corrected chi connectivity index (χ4v) is 5.37. The molecule has 0 aromatic heterocycles. The molecule has 7 nitrogen and oxygen atoms in total. The molecule has 0 bridgehead atoms. The number of likely N-dealkylation sites (tertiary alicyclic amines) is 1. The molecule has 0 radical (unpaired) electrons. The van der Waals surface area contributed by atoms with Crippen molar-refractivity contribution in [3.05, 3.63) is 144 Å². The topological polar surface area (TPSA) is 71.1 Å². The van der Waals surface area contributed by atoms with Crippen molar-refractivity contribution in [1.82, 2.24) is 15.3 Å². The number of benzene rings is 4. The van der Waals surface area contributed by atoms with Crippen molar-refractivity contribution in [2.24, 2.45) is 0 Å². The van der Waals surface area contributed by atoms with Gasteiger partial charge in [-0.25, -0.2) is 20.0 Å². The van der Waals surface area contributed by atoms with Crippen LogP contribution in [0.3, 0.4) is 0 Å². The van der Waals surface area contributed by atoms with Crippen LogP contribution in [0.15, 0.2) is 121 Å². The molecule has 4 aromatic carbocycles. The Balaban J connectivity index is 1.29. The maximum Gasteiger partial charge on any atom is 0.429 e. The van der Waals surface area contributed by atoms with E-state index in [-0.39, 0.29) is 25.2 Å². The summed E-state index contributed by atoms with van der Waals surface area (Å²) >= 11 is 0. The predicted octanol–water partition coefficient (Wildman–Crippen LogP) is 6.76. The SMILES string of the molecule is O=C(NN(C(=O)OCc1ccccc1)C1CCCN(CC(c2ccccc2)c2ccccc2)C1)OCc1ccccc1. The number of nitrogens with zero attached hydrogens (tertiary/aromatic N) is 2. The Hall–Kier alpha value is -4.62. The lowest BCUT2D eigenvalue weighted by Gasteiger charge is -2.39. The molecule has 0 saturated carbocycles. The molecule has 2 amide bonds. The van der Waals surface area contributed by atoms with Crippen molar-refractivity contribution in [3.8, 4) is 0 Å². The number of hydrazine groups is 1. The Bertz CT molecular complexity index is 1350. The van der Waals surface area contributed by atoms with Crippen LogP contribution < -0.4 is 5.43 Å². The van der Waals surface area contributed by atoms with Crippen LogP contribution in [0, 0.1) is 0 Å². The van der Waals surface area contributed by atoms with Gasteiger partial charge in [-0.1, -0.05) is 121 Å². The standard InChI is InChI=1S/C35H37N3O4/c39-34(41-26-28-14-5-1-6-15-28)36-38(35(40)42-27-29-16-7-2-8-17-29)32-22-13-23-37(24-32)25-33(30-18-9-3-10-19-30)31-20-11-4-12-21-31/h1-12,14-21,32-33H,13,22-27H2,(H,36,39). The predicted molar refractivity (Wildman–Crippen MR) is 162 cm³/mol. The molecule has 216 valence electrons. The molecule has 1 heterocycles. The smallest absolute Gasteiger partial charge is 0.429 e. The van der Waals surface area contributed by atoms with E-state index in [1.54, 1.807) is 0 Å². The van der Waals surface area contributed by atoms with Crippen molar-refractivity contribution in [1.29, 1.82) is 0 Å². The Morgan fingerprint density at radius 2 is 1.24 bits per heavy atom. The first-order chi connectivity index (χ1) is 20.7. The van der Waals surface area contributed by atoms with E-state index in [1.807, 2.05) is 72.8 Å². The van der Waals surface area contributed by atoms with E-state index < -0.39 is 12.2 Å². The Labute approximate surface area is 247 Å². The van der Waals surface area contributed by atoms with Gasteiger partial charge in [-0.3, -0.25) is 0 Å². The quantitative estimate of drug-likeness (QED) is 0.228. The van der Waals surface area contributed by atoms with Crippen LogP contribution in [0.2, 0.25) is 0 Å². The van der Waals surface area contributed by atoms with E-state index >= 15 is 0 Å². The number of hydrogen-bond donors (Lipinski definition) is 1. The van der Waals surface area contributed by atoms with Crippen molar-refractivity contribution >= 4 is 12.2 Å². The Kier molecular flexibility index (Phi) is 10.2. The molecule has 0 aliphatic carbocycles. The maximum absolute atomic E-state index is 13.4. The number of carbonyl (C=O) groups excluding carboxylic acids is 2. The summed E-state index contributed by atoms with van der Waals surface area (Å²) in [7, 11) is 0. The average molecular weight is 564 g/mol. The van der Waals surface area contributed by atoms with Gasteiger partial charge in [0.1, 0.15) is 13.2 Å². The van der Waals surface area contributed by atoms with Crippen LogP contribution in [-0.2, 0) is 22.7 Å². The molecule has 42 heavy (non-hydrogen) atoms. The summed E-state index contributed by atoms with van der Waals surface area (Å²) in [4.78, 5) is 28.7. The number of amides is 2. The number of carbonyl (C=O) groups is 2. The second-order valence-electron chi connectivity index (χ2n) is 10.5. The van der Waals surface area contributed by atoms with Gasteiger partial charge in [-0.2, -0.15) is 0 Å². The molecule has 1 saturated heterocycles. The lowest BCUT2D eigenvalue weighted by molar-refractivity contribution is 0.0252. The van der Waals surface area contributed by atoms with Crippen molar-refractivity contribution in [3.63, 3.8) is 0 Å². The van der Waals surface area contributed by atoms with E-state index in [0.717, 1.165) is 37.1 Å². The minimum absolute atomic E-state index is 0.103. The molecule has 1 unspecified atom stereocenters. The molecule has 7 heteroatoms. The van der Waals surface area contributed by atoms with Crippen LogP contribution >= 0.6 is 0 Å². The summed E-state index contributed by atoms with van der Waals surface area (Å²) in [6.07, 6.45) is 0.311. The normalized spacial score (nSPS) is 15.1. The van der Waals surface area contributed by atoms with Crippen molar-refractivity contribution < 1.29 is 19.1 Å². The molecule has 1 aliphatic heterocycles. The second kappa shape index (κ2) is 14.8. The minimum Gasteiger partial charge on any atom is -0.443 e. The number of rotatable bonds is 9. The zero-order chi connectivity index (χ0) is 29.0. The van der Waals surface area contributed by atoms with Gasteiger partial charge >= 0.3 is 12.2 Å². The average Bonchev–Trinajstić information content (AvgIpc) is 3.06. The van der Waals surface area contributed by atoms with Crippen LogP contribution in [0.1, 0.15) is 41.0 Å². The zero-order valence-corrected chi connectivity index (χ0v) is 23.7. The highest BCUT2D eigenvalue weighted by atomic mass is 16.6. The zero-order valence-electron chi connectivity index (χ0n) is 23.7. The molecule has 1 atom stereocenters. The molecule has 4 aromatic rings. The summed E-state index contributed by atoms with van der Waals surface area (Å²) in [5, 5.41) is 1.32. The van der Waals surface area contributed by atoms with E-state index in [0.29, 0.717) is 6.54 Å². The highest BCUT2D eigenvalue weighted by molar-refractivity contribution is 5.74. The molecule has 1 fully saturated rings. The number of piperidine rings is 1. The summed E-state index contributed by atoms with van der Waals surface area (Å²) < 4.78 is 11.1. The first kappa shape index (κ1) is 28.9. The van der Waals surface area contributed by atoms with E-state index in [1.165, 1.54) is 16.1 Å². The van der Waals surface area contributed by atoms with Crippen LogP contribution in [0.5, 0.6) is 0 Å². The second-order valence-corrected chi connectivity index (χ2v) is 10.5. The molecular weight excluding hydrogens is 526 g/mol. The lowest BCUT2D eigenvalue weighted by Crippen LogP contribution is -2.57. The minimum atomic E-state index is -0.695. The summed E-state index contributed by atoms with van der Waals surface area (Å²) in [5.74, 6) is 0.174. The van der Waals surface area contributed by atoms with Crippen LogP contribution in [0.4, 0.5) is 9.59 Å². The number of hydrogen-bond acceptors (Lipinski definition) is 5. The highest BCUT2D eigenvalue weighted by Crippen LogP contribution is 2.27. The fourth-order valence-electron chi connectivity index (χ4n) is 5.37. The summed E-state index contributed by atoms with van der Waals surface area (Å²) in [6.45, 7) is 2.49. The molecule has 0 spiro atoms. The van der Waals surface area contributed by atoms with Gasteiger partial charge in [0.25, 0.3) is 0 Å². The highest BCUT2D eigenvalue weighted by Gasteiger charge is 2.33. The van der Waals surface area contributed by atoms with E-state index in [9.17, 15) is 9.59 Å². The molecule has 5 rings (SSSR count). The van der Waals surface area contributed by atoms with E-state index in [4.69, 9.17) is 9.47 Å². The Morgan fingerprint density at radius 1 is 0.738 bits per heavy atom. The lowest BCUT2D eigenvalue weighted by atomic mass is 9.90. The van der Waals surface area contributed by atoms with Crippen molar-refractivity contribution in [2.75, 3.05) is 19.6 Å². The summed E-state index contributed by atoms with van der Waals surface area (Å²) in [6, 6.07) is 39.7. The maximum atomic E-state index is 13.4. The summed E-state index contributed by atoms with van der Waals surface area (Å²) in [5.41, 5.74) is 6.92. The third-order valence-electron chi connectivity index (χ3n) is 7.52. The first-order valence-corrected chi connectivity index (χ1v) is 14.4. The first-order valence-electron chi connectivity index (χ1n) is 14.4.